The number of aryl methyl sites for hydroxylation is 3. The molecule has 14 rings (SSSR count). The number of ether oxygens (including phenoxy) is 3. The van der Waals surface area contributed by atoms with Gasteiger partial charge in [0.05, 0.1) is 21.3 Å². The zero-order valence-corrected chi connectivity index (χ0v) is 55.3. The van der Waals surface area contributed by atoms with Gasteiger partial charge >= 0.3 is 0 Å². The molecule has 0 aliphatic heterocycles. The topological polar surface area (TPSA) is 40.7 Å². The van der Waals surface area contributed by atoms with Crippen LogP contribution in [0.1, 0.15) is 16.7 Å². The second kappa shape index (κ2) is 28.1. The Kier molecular flexibility index (Phi) is 18.0. The standard InChI is InChI=1S/C90H74N4O3/c1-63-7-13-66(14-8-63)67-15-37-82(38-16-67)93(86-53-59-89(96-5)60-54-86)83-45-23-71(24-46-83)68-17-39-78(40-18-68)91(76-33-9-64(2)10-34-76)79-41-19-69(20-42-79)72-25-47-84(48-26-72)94(87-55-61-90(97-6)62-56-87)85-49-27-73(28-50-85)70-21-43-80(44-22-70)92(77-35-11-65(3)12-36-77)81-51-29-74(30-52-81)75-31-57-88(95-4)58-32-75/h7-62H,1-6H3. The van der Waals surface area contributed by atoms with Gasteiger partial charge in [-0.1, -0.05) is 174 Å². The lowest BCUT2D eigenvalue weighted by atomic mass is 10.0. The first-order chi connectivity index (χ1) is 47.6. The molecular weight excluding hydrogens is 1190 g/mol. The quantitative estimate of drug-likeness (QED) is 0.0753. The van der Waals surface area contributed by atoms with E-state index in [1.807, 2.05) is 36.4 Å². The fraction of sp³-hybridized carbons (Fsp3) is 0.0667. The molecule has 0 aliphatic rings. The van der Waals surface area contributed by atoms with Gasteiger partial charge in [0.1, 0.15) is 17.2 Å². The van der Waals surface area contributed by atoms with E-state index in [9.17, 15) is 0 Å². The van der Waals surface area contributed by atoms with Crippen LogP contribution in [-0.4, -0.2) is 21.3 Å². The van der Waals surface area contributed by atoms with Crippen LogP contribution < -0.4 is 33.8 Å². The van der Waals surface area contributed by atoms with Crippen LogP contribution in [-0.2, 0) is 0 Å². The van der Waals surface area contributed by atoms with Crippen molar-refractivity contribution in [1.82, 2.24) is 0 Å². The lowest BCUT2D eigenvalue weighted by Crippen LogP contribution is -2.10. The second-order valence-electron chi connectivity index (χ2n) is 24.4. The van der Waals surface area contributed by atoms with Crippen molar-refractivity contribution in [3.63, 3.8) is 0 Å². The van der Waals surface area contributed by atoms with E-state index < -0.39 is 0 Å². The van der Waals surface area contributed by atoms with Crippen LogP contribution in [0.25, 0.3) is 55.6 Å². The molecule has 0 spiro atoms. The third kappa shape index (κ3) is 13.7. The Morgan fingerprint density at radius 1 is 0.144 bits per heavy atom. The minimum Gasteiger partial charge on any atom is -0.497 e. The predicted molar refractivity (Wildman–Crippen MR) is 406 cm³/mol. The molecule has 0 atom stereocenters. The van der Waals surface area contributed by atoms with Crippen molar-refractivity contribution in [3.8, 4) is 72.9 Å². The SMILES string of the molecule is COc1ccc(-c2ccc(N(c3ccc(C)cc3)c3ccc(-c4ccc(N(c5ccc(OC)cc5)c5ccc(-c6ccc(N(c7ccc(C)cc7)c7ccc(-c8ccc(N(c9ccc(OC)cc9)c9ccc(-c%10ccc(C)cc%10)cc9)cc8)cc7)cc6)cc5)cc4)cc3)cc2)cc1. The molecule has 0 aromatic heterocycles. The molecule has 0 saturated heterocycles. The minimum atomic E-state index is 0.804. The highest BCUT2D eigenvalue weighted by atomic mass is 16.5. The average Bonchev–Trinajstić information content (AvgIpc) is 0.828. The molecule has 7 heteroatoms. The van der Waals surface area contributed by atoms with Crippen molar-refractivity contribution in [2.75, 3.05) is 40.9 Å². The third-order valence-electron chi connectivity index (χ3n) is 18.1. The van der Waals surface area contributed by atoms with E-state index >= 15 is 0 Å². The monoisotopic (exact) mass is 1260 g/mol. The molecule has 7 nitrogen and oxygen atoms in total. The lowest BCUT2D eigenvalue weighted by molar-refractivity contribution is 0.414. The van der Waals surface area contributed by atoms with Crippen LogP contribution >= 0.6 is 0 Å². The van der Waals surface area contributed by atoms with Crippen LogP contribution in [0.2, 0.25) is 0 Å². The molecule has 0 aliphatic carbocycles. The Hall–Kier alpha value is -12.3. The van der Waals surface area contributed by atoms with Gasteiger partial charge in [-0.3, -0.25) is 0 Å². The summed E-state index contributed by atoms with van der Waals surface area (Å²) in [4.78, 5) is 9.22. The van der Waals surface area contributed by atoms with Crippen LogP contribution in [0, 0.1) is 20.8 Å². The van der Waals surface area contributed by atoms with E-state index in [0.717, 1.165) is 130 Å². The number of benzene rings is 14. The Morgan fingerprint density at radius 2 is 0.247 bits per heavy atom. The normalized spacial score (nSPS) is 11.0. The summed E-state index contributed by atoms with van der Waals surface area (Å²) >= 11 is 0. The molecule has 0 N–H and O–H groups in total. The van der Waals surface area contributed by atoms with E-state index in [1.165, 1.54) is 27.8 Å². The first-order valence-electron chi connectivity index (χ1n) is 32.8. The zero-order valence-electron chi connectivity index (χ0n) is 55.3. The summed E-state index contributed by atoms with van der Waals surface area (Å²) in [6.45, 7) is 6.38. The zero-order chi connectivity index (χ0) is 66.2. The van der Waals surface area contributed by atoms with Gasteiger partial charge in [0.25, 0.3) is 0 Å². The van der Waals surface area contributed by atoms with Crippen molar-refractivity contribution in [2.24, 2.45) is 0 Å². The third-order valence-corrected chi connectivity index (χ3v) is 18.1. The molecule has 14 aromatic rings. The molecule has 0 heterocycles. The molecule has 14 aromatic carbocycles. The number of methoxy groups -OCH3 is 3. The molecule has 0 saturated carbocycles. The minimum absolute atomic E-state index is 0.804. The van der Waals surface area contributed by atoms with Crippen molar-refractivity contribution >= 4 is 68.2 Å². The van der Waals surface area contributed by atoms with Gasteiger partial charge in [0.15, 0.2) is 0 Å². The van der Waals surface area contributed by atoms with E-state index in [2.05, 4.69) is 344 Å². The van der Waals surface area contributed by atoms with Gasteiger partial charge < -0.3 is 33.8 Å². The Balaban J connectivity index is 0.697. The average molecular weight is 1260 g/mol. The van der Waals surface area contributed by atoms with Crippen molar-refractivity contribution in [1.29, 1.82) is 0 Å². The molecule has 0 fully saturated rings. The van der Waals surface area contributed by atoms with Crippen LogP contribution in [0.15, 0.2) is 340 Å². The highest BCUT2D eigenvalue weighted by Gasteiger charge is 2.20. The first kappa shape index (κ1) is 62.1. The summed E-state index contributed by atoms with van der Waals surface area (Å²) in [5, 5.41) is 0. The van der Waals surface area contributed by atoms with Crippen LogP contribution in [0.4, 0.5) is 68.2 Å². The lowest BCUT2D eigenvalue weighted by Gasteiger charge is -2.27. The Bertz CT molecular complexity index is 4890. The molecule has 472 valence electrons. The summed E-state index contributed by atoms with van der Waals surface area (Å²) in [5.74, 6) is 2.47. The fourth-order valence-electron chi connectivity index (χ4n) is 12.6. The Morgan fingerprint density at radius 3 is 0.402 bits per heavy atom. The van der Waals surface area contributed by atoms with E-state index in [-0.39, 0.29) is 0 Å². The van der Waals surface area contributed by atoms with Gasteiger partial charge in [-0.05, 0) is 258 Å². The summed E-state index contributed by atoms with van der Waals surface area (Å²) in [6.07, 6.45) is 0. The fourth-order valence-corrected chi connectivity index (χ4v) is 12.6. The summed E-state index contributed by atoms with van der Waals surface area (Å²) in [7, 11) is 5.10. The number of hydrogen-bond acceptors (Lipinski definition) is 7. The van der Waals surface area contributed by atoms with Gasteiger partial charge in [-0.2, -0.15) is 0 Å². The molecule has 0 amide bonds. The first-order valence-corrected chi connectivity index (χ1v) is 32.8. The number of hydrogen-bond donors (Lipinski definition) is 0. The van der Waals surface area contributed by atoms with Crippen molar-refractivity contribution < 1.29 is 14.2 Å². The highest BCUT2D eigenvalue weighted by molar-refractivity contribution is 5.86. The number of nitrogens with zero attached hydrogens (tertiary/aromatic N) is 4. The highest BCUT2D eigenvalue weighted by Crippen LogP contribution is 2.43. The van der Waals surface area contributed by atoms with Gasteiger partial charge in [-0.15, -0.1) is 0 Å². The maximum atomic E-state index is 5.61. The maximum Gasteiger partial charge on any atom is 0.119 e. The summed E-state index contributed by atoms with van der Waals surface area (Å²) in [5.41, 5.74) is 27.8. The smallest absolute Gasteiger partial charge is 0.119 e. The van der Waals surface area contributed by atoms with Crippen molar-refractivity contribution in [2.45, 2.75) is 20.8 Å². The summed E-state index contributed by atoms with van der Waals surface area (Å²) < 4.78 is 16.6. The van der Waals surface area contributed by atoms with E-state index in [0.29, 0.717) is 0 Å². The number of anilines is 12. The molecule has 97 heavy (non-hydrogen) atoms. The van der Waals surface area contributed by atoms with Crippen molar-refractivity contribution in [3.05, 3.63) is 356 Å². The number of rotatable bonds is 20. The van der Waals surface area contributed by atoms with E-state index in [4.69, 9.17) is 14.2 Å². The second-order valence-corrected chi connectivity index (χ2v) is 24.4. The van der Waals surface area contributed by atoms with Crippen LogP contribution in [0.5, 0.6) is 17.2 Å². The van der Waals surface area contributed by atoms with E-state index in [1.54, 1.807) is 21.3 Å². The molecule has 0 bridgehead atoms. The Labute approximate surface area is 570 Å². The van der Waals surface area contributed by atoms with Gasteiger partial charge in [-0.25, -0.2) is 0 Å². The van der Waals surface area contributed by atoms with Gasteiger partial charge in [0, 0.05) is 68.2 Å². The van der Waals surface area contributed by atoms with Crippen LogP contribution in [0.3, 0.4) is 0 Å². The maximum absolute atomic E-state index is 5.61. The largest absolute Gasteiger partial charge is 0.497 e. The molecule has 0 unspecified atom stereocenters. The molecule has 0 radical (unpaired) electrons. The van der Waals surface area contributed by atoms with Gasteiger partial charge in [0.2, 0.25) is 0 Å². The predicted octanol–water partition coefficient (Wildman–Crippen LogP) is 24.9. The summed E-state index contributed by atoms with van der Waals surface area (Å²) in [6, 6.07) is 122. The molecular formula is C90H74N4O3.